The Labute approximate surface area is 96.8 Å². The Morgan fingerprint density at radius 3 is 2.25 bits per heavy atom. The largest absolute Gasteiger partial charge is 0.444 e. The highest BCUT2D eigenvalue weighted by Gasteiger charge is 2.24. The molecule has 1 fully saturated rings. The number of piperazine rings is 1. The summed E-state index contributed by atoms with van der Waals surface area (Å²) < 4.78 is 5.30. The van der Waals surface area contributed by atoms with E-state index in [1.54, 1.807) is 4.90 Å². The third-order valence-electron chi connectivity index (χ3n) is 2.26. The van der Waals surface area contributed by atoms with Crippen molar-refractivity contribution in [3.05, 3.63) is 12.4 Å². The van der Waals surface area contributed by atoms with Crippen molar-refractivity contribution in [2.24, 2.45) is 5.73 Å². The van der Waals surface area contributed by atoms with Crippen LogP contribution < -0.4 is 5.73 Å². The number of amides is 1. The second kappa shape index (κ2) is 5.09. The lowest BCUT2D eigenvalue weighted by atomic mass is 10.2. The molecule has 0 aromatic heterocycles. The van der Waals surface area contributed by atoms with E-state index in [-0.39, 0.29) is 6.09 Å². The normalized spacial score (nSPS) is 17.9. The molecule has 1 rings (SSSR count). The van der Waals surface area contributed by atoms with Crippen LogP contribution >= 0.6 is 0 Å². The van der Waals surface area contributed by atoms with E-state index >= 15 is 0 Å². The lowest BCUT2D eigenvalue weighted by Crippen LogP contribution is -2.48. The second-order valence-corrected chi connectivity index (χ2v) is 4.84. The minimum atomic E-state index is -0.425. The van der Waals surface area contributed by atoms with Gasteiger partial charge in [-0.1, -0.05) is 0 Å². The Kier molecular flexibility index (Phi) is 4.04. The van der Waals surface area contributed by atoms with Crippen molar-refractivity contribution < 1.29 is 9.53 Å². The van der Waals surface area contributed by atoms with E-state index in [9.17, 15) is 4.79 Å². The number of rotatable bonds is 1. The van der Waals surface area contributed by atoms with Crippen molar-refractivity contribution in [3.63, 3.8) is 0 Å². The first kappa shape index (κ1) is 12.7. The van der Waals surface area contributed by atoms with Crippen molar-refractivity contribution >= 4 is 6.09 Å². The molecule has 0 aromatic carbocycles. The van der Waals surface area contributed by atoms with Gasteiger partial charge in [0, 0.05) is 38.6 Å². The summed E-state index contributed by atoms with van der Waals surface area (Å²) >= 11 is 0. The van der Waals surface area contributed by atoms with E-state index in [0.29, 0.717) is 13.1 Å². The Bertz CT molecular complexity index is 263. The van der Waals surface area contributed by atoms with Crippen LogP contribution in [0.15, 0.2) is 12.4 Å². The zero-order valence-electron chi connectivity index (χ0n) is 10.3. The summed E-state index contributed by atoms with van der Waals surface area (Å²) in [5.74, 6) is 0. The lowest BCUT2D eigenvalue weighted by Gasteiger charge is -2.34. The second-order valence-electron chi connectivity index (χ2n) is 4.84. The van der Waals surface area contributed by atoms with Gasteiger partial charge in [0.1, 0.15) is 5.60 Å². The van der Waals surface area contributed by atoms with Crippen molar-refractivity contribution in [3.8, 4) is 0 Å². The van der Waals surface area contributed by atoms with Crippen LogP contribution in [0, 0.1) is 0 Å². The minimum Gasteiger partial charge on any atom is -0.444 e. The van der Waals surface area contributed by atoms with Crippen LogP contribution in [0.1, 0.15) is 20.8 Å². The standard InChI is InChI=1S/C11H21N3O2/c1-11(2,3)16-10(15)14-8-6-13(5-4-12)7-9-14/h4-5H,6-9,12H2,1-3H3/b5-4-. The van der Waals surface area contributed by atoms with E-state index in [1.165, 1.54) is 6.20 Å². The smallest absolute Gasteiger partial charge is 0.410 e. The van der Waals surface area contributed by atoms with Gasteiger partial charge in [-0.3, -0.25) is 0 Å². The Morgan fingerprint density at radius 2 is 1.81 bits per heavy atom. The highest BCUT2D eigenvalue weighted by atomic mass is 16.6. The molecule has 1 aliphatic rings. The number of ether oxygens (including phenoxy) is 1. The molecule has 2 N–H and O–H groups in total. The van der Waals surface area contributed by atoms with Crippen LogP contribution in [-0.2, 0) is 4.74 Å². The van der Waals surface area contributed by atoms with Gasteiger partial charge < -0.3 is 20.3 Å². The quantitative estimate of drug-likeness (QED) is 0.725. The zero-order chi connectivity index (χ0) is 12.2. The van der Waals surface area contributed by atoms with E-state index in [0.717, 1.165) is 13.1 Å². The Balaban J connectivity index is 2.39. The molecule has 0 unspecified atom stereocenters. The third-order valence-corrected chi connectivity index (χ3v) is 2.26. The predicted molar refractivity (Wildman–Crippen MR) is 62.7 cm³/mol. The molecule has 0 aliphatic carbocycles. The van der Waals surface area contributed by atoms with Gasteiger partial charge >= 0.3 is 6.09 Å². The van der Waals surface area contributed by atoms with Crippen LogP contribution in [0.25, 0.3) is 0 Å². The first-order chi connectivity index (χ1) is 7.42. The summed E-state index contributed by atoms with van der Waals surface area (Å²) in [4.78, 5) is 15.5. The molecule has 1 amide bonds. The number of hydrogen-bond acceptors (Lipinski definition) is 4. The molecular weight excluding hydrogens is 206 g/mol. The third kappa shape index (κ3) is 4.00. The van der Waals surface area contributed by atoms with Crippen LogP contribution in [0.5, 0.6) is 0 Å². The summed E-state index contributed by atoms with van der Waals surface area (Å²) in [6.45, 7) is 8.58. The van der Waals surface area contributed by atoms with Gasteiger partial charge in [-0.25, -0.2) is 4.79 Å². The molecule has 5 nitrogen and oxygen atoms in total. The fourth-order valence-electron chi connectivity index (χ4n) is 1.50. The SMILES string of the molecule is CC(C)(C)OC(=O)N1CCN(/C=C\N)CC1. The summed E-state index contributed by atoms with van der Waals surface area (Å²) in [7, 11) is 0. The molecule has 0 saturated carbocycles. The molecule has 0 spiro atoms. The number of nitrogens with zero attached hydrogens (tertiary/aromatic N) is 2. The highest BCUT2D eigenvalue weighted by molar-refractivity contribution is 5.68. The molecule has 1 aliphatic heterocycles. The van der Waals surface area contributed by atoms with Gasteiger partial charge in [-0.15, -0.1) is 0 Å². The summed E-state index contributed by atoms with van der Waals surface area (Å²) in [5, 5.41) is 0. The van der Waals surface area contributed by atoms with Crippen molar-refractivity contribution in [2.45, 2.75) is 26.4 Å². The molecule has 1 saturated heterocycles. The summed E-state index contributed by atoms with van der Waals surface area (Å²) in [6, 6.07) is 0. The first-order valence-corrected chi connectivity index (χ1v) is 5.53. The van der Waals surface area contributed by atoms with Crippen molar-refractivity contribution in [1.29, 1.82) is 0 Å². The molecule has 0 aromatic rings. The average molecular weight is 227 g/mol. The maximum absolute atomic E-state index is 11.7. The Morgan fingerprint density at radius 1 is 1.25 bits per heavy atom. The molecule has 0 atom stereocenters. The maximum atomic E-state index is 11.7. The number of carbonyl (C=O) groups is 1. The molecule has 92 valence electrons. The van der Waals surface area contributed by atoms with Crippen LogP contribution in [0.4, 0.5) is 4.79 Å². The van der Waals surface area contributed by atoms with Gasteiger partial charge in [0.05, 0.1) is 0 Å². The highest BCUT2D eigenvalue weighted by Crippen LogP contribution is 2.11. The van der Waals surface area contributed by atoms with Gasteiger partial charge in [0.15, 0.2) is 0 Å². The molecule has 5 heteroatoms. The van der Waals surface area contributed by atoms with Crippen LogP contribution in [-0.4, -0.2) is 47.7 Å². The van der Waals surface area contributed by atoms with Gasteiger partial charge in [-0.2, -0.15) is 0 Å². The fourth-order valence-corrected chi connectivity index (χ4v) is 1.50. The van der Waals surface area contributed by atoms with Crippen LogP contribution in [0.2, 0.25) is 0 Å². The average Bonchev–Trinajstić information content (AvgIpc) is 2.16. The van der Waals surface area contributed by atoms with Crippen LogP contribution in [0.3, 0.4) is 0 Å². The molecule has 1 heterocycles. The first-order valence-electron chi connectivity index (χ1n) is 5.53. The molecule has 0 radical (unpaired) electrons. The van der Waals surface area contributed by atoms with E-state index < -0.39 is 5.60 Å². The monoisotopic (exact) mass is 227 g/mol. The summed E-state index contributed by atoms with van der Waals surface area (Å²) in [6.07, 6.45) is 3.12. The topological polar surface area (TPSA) is 58.8 Å². The molecular formula is C11H21N3O2. The van der Waals surface area contributed by atoms with Gasteiger partial charge in [-0.05, 0) is 20.8 Å². The Hall–Kier alpha value is -1.39. The van der Waals surface area contributed by atoms with E-state index in [2.05, 4.69) is 4.90 Å². The fraction of sp³-hybridized carbons (Fsp3) is 0.727. The van der Waals surface area contributed by atoms with Gasteiger partial charge in [0.25, 0.3) is 0 Å². The van der Waals surface area contributed by atoms with Gasteiger partial charge in [0.2, 0.25) is 0 Å². The van der Waals surface area contributed by atoms with Crippen molar-refractivity contribution in [2.75, 3.05) is 26.2 Å². The maximum Gasteiger partial charge on any atom is 0.410 e. The van der Waals surface area contributed by atoms with E-state index in [4.69, 9.17) is 10.5 Å². The predicted octanol–water partition coefficient (Wildman–Crippen LogP) is 0.969. The number of nitrogens with two attached hydrogens (primary N) is 1. The molecule has 16 heavy (non-hydrogen) atoms. The van der Waals surface area contributed by atoms with E-state index in [1.807, 2.05) is 27.0 Å². The summed E-state index contributed by atoms with van der Waals surface area (Å²) in [5.41, 5.74) is 4.88. The lowest BCUT2D eigenvalue weighted by molar-refractivity contribution is 0.0176. The van der Waals surface area contributed by atoms with Crippen molar-refractivity contribution in [1.82, 2.24) is 9.80 Å². The number of carbonyl (C=O) groups excluding carboxylic acids is 1. The number of hydrogen-bond donors (Lipinski definition) is 1. The zero-order valence-corrected chi connectivity index (χ0v) is 10.3. The molecule has 0 bridgehead atoms. The minimum absolute atomic E-state index is 0.233.